The number of nitrogens with zero attached hydrogens (tertiary/aromatic N) is 1. The summed E-state index contributed by atoms with van der Waals surface area (Å²) in [7, 11) is 0. The Labute approximate surface area is 127 Å². The molecule has 0 spiro atoms. The van der Waals surface area contributed by atoms with Crippen LogP contribution in [0.4, 0.5) is 4.79 Å². The van der Waals surface area contributed by atoms with Gasteiger partial charge in [-0.3, -0.25) is 0 Å². The number of hydrogen-bond acceptors (Lipinski definition) is 4. The quantitative estimate of drug-likeness (QED) is 0.689. The monoisotopic (exact) mass is 296 g/mol. The molecule has 0 aliphatic heterocycles. The fraction of sp³-hybridized carbons (Fsp3) is 0.733. The Bertz CT molecular complexity index is 398. The van der Waals surface area contributed by atoms with E-state index in [1.54, 1.807) is 12.5 Å². The topological polar surface area (TPSA) is 79.0 Å². The van der Waals surface area contributed by atoms with Crippen LogP contribution in [0.25, 0.3) is 0 Å². The summed E-state index contributed by atoms with van der Waals surface area (Å²) in [4.78, 5) is 18.7. The molecule has 0 saturated heterocycles. The van der Waals surface area contributed by atoms with Gasteiger partial charge in [-0.2, -0.15) is 0 Å². The van der Waals surface area contributed by atoms with Crippen molar-refractivity contribution in [2.24, 2.45) is 0 Å². The van der Waals surface area contributed by atoms with Crippen LogP contribution < -0.4 is 10.6 Å². The summed E-state index contributed by atoms with van der Waals surface area (Å²) in [6.07, 6.45) is 6.36. The van der Waals surface area contributed by atoms with Crippen molar-refractivity contribution in [3.05, 3.63) is 18.2 Å². The number of alkyl carbamates (subject to hydrolysis) is 1. The van der Waals surface area contributed by atoms with Gasteiger partial charge in [-0.25, -0.2) is 9.78 Å². The van der Waals surface area contributed by atoms with Gasteiger partial charge < -0.3 is 20.4 Å². The van der Waals surface area contributed by atoms with Crippen LogP contribution in [0, 0.1) is 0 Å². The first-order valence-corrected chi connectivity index (χ1v) is 7.58. The molecule has 6 heteroatoms. The van der Waals surface area contributed by atoms with Crippen molar-refractivity contribution in [3.8, 4) is 0 Å². The van der Waals surface area contributed by atoms with E-state index >= 15 is 0 Å². The second-order valence-electron chi connectivity index (χ2n) is 6.18. The lowest BCUT2D eigenvalue weighted by Gasteiger charge is -2.22. The van der Waals surface area contributed by atoms with Crippen LogP contribution in [0.5, 0.6) is 0 Å². The van der Waals surface area contributed by atoms with E-state index in [-0.39, 0.29) is 12.1 Å². The Balaban J connectivity index is 2.36. The number of nitrogens with one attached hydrogen (secondary N) is 3. The van der Waals surface area contributed by atoms with Crippen molar-refractivity contribution >= 4 is 6.09 Å². The zero-order valence-corrected chi connectivity index (χ0v) is 13.5. The van der Waals surface area contributed by atoms with Crippen LogP contribution in [0.1, 0.15) is 52.7 Å². The zero-order chi connectivity index (χ0) is 15.7. The van der Waals surface area contributed by atoms with Crippen LogP contribution >= 0.6 is 0 Å². The van der Waals surface area contributed by atoms with Gasteiger partial charge in [0, 0.05) is 31.0 Å². The summed E-state index contributed by atoms with van der Waals surface area (Å²) in [5.41, 5.74) is 0.570. The summed E-state index contributed by atoms with van der Waals surface area (Å²) in [5, 5.41) is 6.26. The van der Waals surface area contributed by atoms with Gasteiger partial charge in [0.2, 0.25) is 0 Å². The molecule has 1 aromatic heterocycles. The van der Waals surface area contributed by atoms with Crippen molar-refractivity contribution in [2.75, 3.05) is 6.54 Å². The number of aromatic nitrogens is 2. The number of rotatable bonds is 8. The predicted molar refractivity (Wildman–Crippen MR) is 83.0 cm³/mol. The minimum Gasteiger partial charge on any atom is -0.444 e. The van der Waals surface area contributed by atoms with E-state index in [1.165, 1.54) is 0 Å². The van der Waals surface area contributed by atoms with Crippen molar-refractivity contribution < 1.29 is 9.53 Å². The molecule has 120 valence electrons. The van der Waals surface area contributed by atoms with Gasteiger partial charge in [-0.1, -0.05) is 19.8 Å². The molecule has 21 heavy (non-hydrogen) atoms. The number of H-pyrrole nitrogens is 1. The molecule has 0 saturated carbocycles. The van der Waals surface area contributed by atoms with Gasteiger partial charge >= 0.3 is 6.09 Å². The highest BCUT2D eigenvalue weighted by molar-refractivity contribution is 5.67. The molecule has 0 radical (unpaired) electrons. The van der Waals surface area contributed by atoms with Gasteiger partial charge in [-0.05, 0) is 27.2 Å². The highest BCUT2D eigenvalue weighted by Crippen LogP contribution is 2.07. The van der Waals surface area contributed by atoms with E-state index in [2.05, 4.69) is 27.5 Å². The first kappa shape index (κ1) is 17.5. The molecule has 1 heterocycles. The Morgan fingerprint density at radius 2 is 2.24 bits per heavy atom. The number of ether oxygens (including phenoxy) is 1. The molecule has 1 atom stereocenters. The second-order valence-corrected chi connectivity index (χ2v) is 6.18. The third-order valence-electron chi connectivity index (χ3n) is 2.93. The lowest BCUT2D eigenvalue weighted by Crippen LogP contribution is -2.42. The maximum Gasteiger partial charge on any atom is 0.407 e. The molecular weight excluding hydrogens is 268 g/mol. The molecule has 3 N–H and O–H groups in total. The Kier molecular flexibility index (Phi) is 7.22. The molecule has 0 fully saturated rings. The van der Waals surface area contributed by atoms with E-state index in [0.29, 0.717) is 13.1 Å². The molecule has 1 unspecified atom stereocenters. The largest absolute Gasteiger partial charge is 0.444 e. The smallest absolute Gasteiger partial charge is 0.407 e. The molecule has 1 amide bonds. The van der Waals surface area contributed by atoms with Crippen molar-refractivity contribution in [2.45, 2.75) is 65.1 Å². The molecule has 0 aromatic carbocycles. The summed E-state index contributed by atoms with van der Waals surface area (Å²) in [6, 6.07) is 0.223. The minimum absolute atomic E-state index is 0.223. The zero-order valence-electron chi connectivity index (χ0n) is 13.5. The second kappa shape index (κ2) is 8.67. The first-order valence-electron chi connectivity index (χ1n) is 7.58. The minimum atomic E-state index is -0.466. The number of unbranched alkanes of at least 4 members (excludes halogenated alkanes) is 1. The lowest BCUT2D eigenvalue weighted by molar-refractivity contribution is 0.0521. The van der Waals surface area contributed by atoms with Gasteiger partial charge in [0.05, 0.1) is 6.33 Å². The van der Waals surface area contributed by atoms with Gasteiger partial charge in [0.1, 0.15) is 5.60 Å². The summed E-state index contributed by atoms with van der Waals surface area (Å²) >= 11 is 0. The summed E-state index contributed by atoms with van der Waals surface area (Å²) in [5.74, 6) is 0. The van der Waals surface area contributed by atoms with Gasteiger partial charge in [0.15, 0.2) is 0 Å². The number of carbonyl (C=O) groups is 1. The van der Waals surface area contributed by atoms with Gasteiger partial charge in [0.25, 0.3) is 0 Å². The lowest BCUT2D eigenvalue weighted by atomic mass is 10.1. The van der Waals surface area contributed by atoms with Crippen molar-refractivity contribution in [1.29, 1.82) is 0 Å². The standard InChI is InChI=1S/C15H28N4O2/c1-5-6-7-12(17-10-13-8-16-11-19-13)9-18-14(20)21-15(2,3)4/h8,11-12,17H,5-7,9-10H2,1-4H3,(H,16,19)(H,18,20). The third kappa shape index (κ3) is 8.34. The molecule has 6 nitrogen and oxygen atoms in total. The van der Waals surface area contributed by atoms with E-state index in [0.717, 1.165) is 25.0 Å². The highest BCUT2D eigenvalue weighted by Gasteiger charge is 2.17. The number of hydrogen-bond donors (Lipinski definition) is 3. The van der Waals surface area contributed by atoms with Crippen molar-refractivity contribution in [1.82, 2.24) is 20.6 Å². The van der Waals surface area contributed by atoms with E-state index in [9.17, 15) is 4.79 Å². The van der Waals surface area contributed by atoms with Gasteiger partial charge in [-0.15, -0.1) is 0 Å². The Hall–Kier alpha value is -1.56. The fourth-order valence-corrected chi connectivity index (χ4v) is 1.88. The summed E-state index contributed by atoms with van der Waals surface area (Å²) in [6.45, 7) is 9.01. The van der Waals surface area contributed by atoms with E-state index in [1.807, 2.05) is 20.8 Å². The molecule has 0 aliphatic carbocycles. The van der Waals surface area contributed by atoms with Crippen LogP contribution in [-0.2, 0) is 11.3 Å². The van der Waals surface area contributed by atoms with Crippen molar-refractivity contribution in [3.63, 3.8) is 0 Å². The Morgan fingerprint density at radius 3 is 2.81 bits per heavy atom. The first-order chi connectivity index (χ1) is 9.90. The maximum absolute atomic E-state index is 11.7. The molecule has 0 aliphatic rings. The molecular formula is C15H28N4O2. The number of carbonyl (C=O) groups excluding carboxylic acids is 1. The number of aromatic amines is 1. The average molecular weight is 296 g/mol. The molecule has 1 aromatic rings. The average Bonchev–Trinajstić information content (AvgIpc) is 2.89. The predicted octanol–water partition coefficient (Wildman–Crippen LogP) is 2.58. The SMILES string of the molecule is CCCCC(CNC(=O)OC(C)(C)C)NCc1cnc[nH]1. The van der Waals surface area contributed by atoms with Crippen LogP contribution in [0.3, 0.4) is 0 Å². The fourth-order valence-electron chi connectivity index (χ4n) is 1.88. The number of amides is 1. The maximum atomic E-state index is 11.7. The van der Waals surface area contributed by atoms with Crippen LogP contribution in [0.15, 0.2) is 12.5 Å². The third-order valence-corrected chi connectivity index (χ3v) is 2.93. The van der Waals surface area contributed by atoms with E-state index < -0.39 is 5.60 Å². The van der Waals surface area contributed by atoms with Crippen LogP contribution in [0.2, 0.25) is 0 Å². The Morgan fingerprint density at radius 1 is 1.48 bits per heavy atom. The summed E-state index contributed by atoms with van der Waals surface area (Å²) < 4.78 is 5.25. The molecule has 0 bridgehead atoms. The normalized spacial score (nSPS) is 13.0. The number of imidazole rings is 1. The highest BCUT2D eigenvalue weighted by atomic mass is 16.6. The van der Waals surface area contributed by atoms with Crippen LogP contribution in [-0.4, -0.2) is 34.2 Å². The van der Waals surface area contributed by atoms with E-state index in [4.69, 9.17) is 4.74 Å². The molecule has 1 rings (SSSR count).